The zero-order chi connectivity index (χ0) is 18.4. The molecular weight excluding hydrogens is 359 g/mol. The summed E-state index contributed by atoms with van der Waals surface area (Å²) in [7, 11) is 0. The second-order valence-electron chi connectivity index (χ2n) is 4.80. The van der Waals surface area contributed by atoms with E-state index < -0.39 is 6.36 Å². The van der Waals surface area contributed by atoms with Crippen LogP contribution in [0.2, 0.25) is 0 Å². The first kappa shape index (κ1) is 18.8. The number of nitrogens with zero attached hydrogens (tertiary/aromatic N) is 1. The van der Waals surface area contributed by atoms with E-state index in [1.54, 1.807) is 0 Å². The van der Waals surface area contributed by atoms with E-state index in [9.17, 15) is 22.8 Å². The minimum atomic E-state index is -4.77. The first-order valence-corrected chi connectivity index (χ1v) is 8.12. The number of ether oxygens (including phenoxy) is 1. The predicted molar refractivity (Wildman–Crippen MR) is 86.7 cm³/mol. The average molecular weight is 373 g/mol. The molecule has 10 heteroatoms. The molecule has 1 heterocycles. The van der Waals surface area contributed by atoms with Gasteiger partial charge < -0.3 is 15.0 Å². The number of rotatable bonds is 6. The van der Waals surface area contributed by atoms with Crippen LogP contribution in [0.15, 0.2) is 40.3 Å². The number of amides is 1. The van der Waals surface area contributed by atoms with E-state index in [-0.39, 0.29) is 23.0 Å². The standard InChI is InChI=1S/C15H14F3N3O3S/c1-2-9-7-12(22)21-14(20-9)25-8-13(23)19-10-3-5-11(6-4-10)24-15(16,17)18/h3-7H,2,8H2,1H3,(H,19,23)(H,20,21,22). The third-order valence-corrected chi connectivity index (χ3v) is 3.72. The van der Waals surface area contributed by atoms with E-state index in [0.29, 0.717) is 23.0 Å². The summed E-state index contributed by atoms with van der Waals surface area (Å²) in [5, 5.41) is 2.86. The molecule has 0 spiro atoms. The van der Waals surface area contributed by atoms with Crippen LogP contribution in [-0.4, -0.2) is 28.0 Å². The summed E-state index contributed by atoms with van der Waals surface area (Å²) in [4.78, 5) is 30.0. The summed E-state index contributed by atoms with van der Waals surface area (Å²) in [6, 6.07) is 6.16. The van der Waals surface area contributed by atoms with Crippen molar-refractivity contribution in [1.82, 2.24) is 9.97 Å². The van der Waals surface area contributed by atoms with Gasteiger partial charge in [-0.15, -0.1) is 13.2 Å². The summed E-state index contributed by atoms with van der Waals surface area (Å²) in [6.45, 7) is 1.86. The summed E-state index contributed by atoms with van der Waals surface area (Å²) in [5.41, 5.74) is 0.644. The Morgan fingerprint density at radius 2 is 2.00 bits per heavy atom. The van der Waals surface area contributed by atoms with E-state index >= 15 is 0 Å². The van der Waals surface area contributed by atoms with Crippen molar-refractivity contribution in [3.63, 3.8) is 0 Å². The zero-order valence-corrected chi connectivity index (χ0v) is 13.8. The SMILES string of the molecule is CCc1cc(=O)[nH]c(SCC(=O)Nc2ccc(OC(F)(F)F)cc2)n1. The number of benzene rings is 1. The lowest BCUT2D eigenvalue weighted by Crippen LogP contribution is -2.17. The molecule has 2 N–H and O–H groups in total. The van der Waals surface area contributed by atoms with E-state index in [4.69, 9.17) is 0 Å². The molecule has 2 aromatic rings. The molecule has 0 atom stereocenters. The van der Waals surface area contributed by atoms with Gasteiger partial charge in [0.15, 0.2) is 5.16 Å². The number of thioether (sulfide) groups is 1. The van der Waals surface area contributed by atoms with Crippen molar-refractivity contribution in [3.8, 4) is 5.75 Å². The molecule has 2 rings (SSSR count). The molecule has 0 radical (unpaired) electrons. The van der Waals surface area contributed by atoms with Crippen molar-refractivity contribution < 1.29 is 22.7 Å². The zero-order valence-electron chi connectivity index (χ0n) is 13.0. The fraction of sp³-hybridized carbons (Fsp3) is 0.267. The summed E-state index contributed by atoms with van der Waals surface area (Å²) < 4.78 is 40.0. The highest BCUT2D eigenvalue weighted by atomic mass is 32.2. The van der Waals surface area contributed by atoms with Gasteiger partial charge in [-0.05, 0) is 30.7 Å². The average Bonchev–Trinajstić information content (AvgIpc) is 2.53. The van der Waals surface area contributed by atoms with Crippen molar-refractivity contribution in [2.45, 2.75) is 24.9 Å². The van der Waals surface area contributed by atoms with Crippen LogP contribution in [-0.2, 0) is 11.2 Å². The molecule has 1 amide bonds. The van der Waals surface area contributed by atoms with Gasteiger partial charge in [-0.3, -0.25) is 9.59 Å². The topological polar surface area (TPSA) is 84.1 Å². The van der Waals surface area contributed by atoms with Crippen molar-refractivity contribution in [2.24, 2.45) is 0 Å². The van der Waals surface area contributed by atoms with Gasteiger partial charge in [0.25, 0.3) is 5.56 Å². The smallest absolute Gasteiger partial charge is 0.406 e. The Kier molecular flexibility index (Phi) is 6.07. The Morgan fingerprint density at radius 1 is 1.32 bits per heavy atom. The number of aromatic nitrogens is 2. The van der Waals surface area contributed by atoms with Crippen molar-refractivity contribution in [2.75, 3.05) is 11.1 Å². The normalized spacial score (nSPS) is 11.2. The lowest BCUT2D eigenvalue weighted by atomic mass is 10.3. The third-order valence-electron chi connectivity index (χ3n) is 2.85. The number of anilines is 1. The molecule has 6 nitrogen and oxygen atoms in total. The molecule has 0 saturated heterocycles. The number of carbonyl (C=O) groups excluding carboxylic acids is 1. The van der Waals surface area contributed by atoms with Crippen molar-refractivity contribution in [1.29, 1.82) is 0 Å². The van der Waals surface area contributed by atoms with Gasteiger partial charge in [0.2, 0.25) is 5.91 Å². The van der Waals surface area contributed by atoms with Gasteiger partial charge in [0.1, 0.15) is 5.75 Å². The Morgan fingerprint density at radius 3 is 2.60 bits per heavy atom. The van der Waals surface area contributed by atoms with E-state index in [2.05, 4.69) is 20.0 Å². The second-order valence-corrected chi connectivity index (χ2v) is 5.77. The third kappa shape index (κ3) is 6.49. The van der Waals surface area contributed by atoms with Crippen LogP contribution >= 0.6 is 11.8 Å². The maximum absolute atomic E-state index is 12.1. The number of halogens is 3. The molecule has 0 bridgehead atoms. The van der Waals surface area contributed by atoms with Gasteiger partial charge in [-0.1, -0.05) is 18.7 Å². The number of alkyl halides is 3. The number of nitrogens with one attached hydrogen (secondary N) is 2. The van der Waals surface area contributed by atoms with Crippen LogP contribution in [0.1, 0.15) is 12.6 Å². The molecule has 1 aromatic carbocycles. The number of hydrogen-bond donors (Lipinski definition) is 2. The fourth-order valence-electron chi connectivity index (χ4n) is 1.80. The number of hydrogen-bond acceptors (Lipinski definition) is 5. The molecular formula is C15H14F3N3O3S. The maximum atomic E-state index is 12.1. The number of carbonyl (C=O) groups is 1. The first-order valence-electron chi connectivity index (χ1n) is 7.14. The van der Waals surface area contributed by atoms with Crippen molar-refractivity contribution in [3.05, 3.63) is 46.4 Å². The van der Waals surface area contributed by atoms with Crippen LogP contribution in [0.4, 0.5) is 18.9 Å². The van der Waals surface area contributed by atoms with Crippen LogP contribution in [0.5, 0.6) is 5.75 Å². The second kappa shape index (κ2) is 8.06. The van der Waals surface area contributed by atoms with Gasteiger partial charge in [0, 0.05) is 17.4 Å². The van der Waals surface area contributed by atoms with Gasteiger partial charge in [-0.2, -0.15) is 0 Å². The minimum Gasteiger partial charge on any atom is -0.406 e. The van der Waals surface area contributed by atoms with Gasteiger partial charge in [0.05, 0.1) is 5.75 Å². The highest BCUT2D eigenvalue weighted by Crippen LogP contribution is 2.24. The first-order chi connectivity index (χ1) is 11.7. The van der Waals surface area contributed by atoms with Crippen LogP contribution < -0.4 is 15.6 Å². The molecule has 1 aromatic heterocycles. The summed E-state index contributed by atoms with van der Waals surface area (Å²) >= 11 is 1.05. The molecule has 0 aliphatic carbocycles. The molecule has 0 saturated carbocycles. The molecule has 0 aliphatic rings. The highest BCUT2D eigenvalue weighted by Gasteiger charge is 2.30. The Bertz CT molecular complexity index is 791. The van der Waals surface area contributed by atoms with E-state index in [1.807, 2.05) is 6.92 Å². The van der Waals surface area contributed by atoms with E-state index in [1.165, 1.54) is 18.2 Å². The van der Waals surface area contributed by atoms with Crippen LogP contribution in [0.25, 0.3) is 0 Å². The molecule has 0 aliphatic heterocycles. The van der Waals surface area contributed by atoms with Crippen LogP contribution in [0.3, 0.4) is 0 Å². The monoisotopic (exact) mass is 373 g/mol. The number of H-pyrrole nitrogens is 1. The molecule has 134 valence electrons. The maximum Gasteiger partial charge on any atom is 0.573 e. The highest BCUT2D eigenvalue weighted by molar-refractivity contribution is 7.99. The van der Waals surface area contributed by atoms with Crippen LogP contribution in [0, 0.1) is 0 Å². The Balaban J connectivity index is 1.90. The van der Waals surface area contributed by atoms with Gasteiger partial charge in [-0.25, -0.2) is 4.98 Å². The van der Waals surface area contributed by atoms with Gasteiger partial charge >= 0.3 is 6.36 Å². The number of aromatic amines is 1. The molecule has 0 unspecified atom stereocenters. The summed E-state index contributed by atoms with van der Waals surface area (Å²) in [5.74, 6) is -0.784. The van der Waals surface area contributed by atoms with Crippen molar-refractivity contribution >= 4 is 23.4 Å². The predicted octanol–water partition coefficient (Wildman–Crippen LogP) is 2.96. The quantitative estimate of drug-likeness (QED) is 0.601. The Hall–Kier alpha value is -2.49. The molecule has 0 fully saturated rings. The van der Waals surface area contributed by atoms with E-state index in [0.717, 1.165) is 23.9 Å². The largest absolute Gasteiger partial charge is 0.573 e. The Labute approximate surface area is 144 Å². The lowest BCUT2D eigenvalue weighted by Gasteiger charge is -2.10. The molecule has 25 heavy (non-hydrogen) atoms. The number of aryl methyl sites for hydroxylation is 1. The summed E-state index contributed by atoms with van der Waals surface area (Å²) in [6.07, 6.45) is -4.17. The fourth-order valence-corrected chi connectivity index (χ4v) is 2.50. The minimum absolute atomic E-state index is 0.0170. The lowest BCUT2D eigenvalue weighted by molar-refractivity contribution is -0.274.